The van der Waals surface area contributed by atoms with Gasteiger partial charge in [-0.25, -0.2) is 4.79 Å². The number of hydrogen-bond donors (Lipinski definition) is 4. The Morgan fingerprint density at radius 2 is 2.00 bits per heavy atom. The molecule has 0 saturated heterocycles. The highest BCUT2D eigenvalue weighted by atomic mass is 16.4. The summed E-state index contributed by atoms with van der Waals surface area (Å²) in [6, 6.07) is -0.364. The largest absolute Gasteiger partial charge is 0.481 e. The zero-order valence-electron chi connectivity index (χ0n) is 10.7. The van der Waals surface area contributed by atoms with E-state index in [4.69, 9.17) is 5.11 Å². The summed E-state index contributed by atoms with van der Waals surface area (Å²) in [6.45, 7) is 1.92. The molecule has 1 aliphatic rings. The molecule has 4 N–H and O–H groups in total. The Morgan fingerprint density at radius 1 is 1.33 bits per heavy atom. The smallest absolute Gasteiger partial charge is 0.314 e. The van der Waals surface area contributed by atoms with Gasteiger partial charge in [0.25, 0.3) is 0 Å². The first kappa shape index (κ1) is 14.8. The van der Waals surface area contributed by atoms with Crippen LogP contribution in [0.1, 0.15) is 39.0 Å². The van der Waals surface area contributed by atoms with E-state index < -0.39 is 18.0 Å². The van der Waals surface area contributed by atoms with Crippen LogP contribution in [0.25, 0.3) is 0 Å². The molecule has 0 aromatic rings. The third-order valence-corrected chi connectivity index (χ3v) is 2.93. The van der Waals surface area contributed by atoms with Crippen molar-refractivity contribution in [2.75, 3.05) is 13.1 Å². The van der Waals surface area contributed by atoms with E-state index >= 15 is 0 Å². The average Bonchev–Trinajstić information content (AvgIpc) is 3.04. The first-order valence-electron chi connectivity index (χ1n) is 6.35. The molecule has 104 valence electrons. The minimum absolute atomic E-state index is 0.0756. The maximum atomic E-state index is 11.4. The topological polar surface area (TPSA) is 98.7 Å². The van der Waals surface area contributed by atoms with Gasteiger partial charge in [-0.05, 0) is 25.7 Å². The molecule has 1 atom stereocenters. The third kappa shape index (κ3) is 7.11. The van der Waals surface area contributed by atoms with Crippen LogP contribution in [0, 0.1) is 5.92 Å². The lowest BCUT2D eigenvalue weighted by Crippen LogP contribution is -2.46. The van der Waals surface area contributed by atoms with Gasteiger partial charge < -0.3 is 20.8 Å². The summed E-state index contributed by atoms with van der Waals surface area (Å²) in [7, 11) is 0. The van der Waals surface area contributed by atoms with E-state index in [0.29, 0.717) is 6.54 Å². The number of carboxylic acids is 1. The normalized spacial score (nSPS) is 17.9. The number of aliphatic carboxylic acids is 1. The van der Waals surface area contributed by atoms with Crippen LogP contribution in [0.5, 0.6) is 0 Å². The van der Waals surface area contributed by atoms with Crippen molar-refractivity contribution in [1.29, 1.82) is 0 Å². The van der Waals surface area contributed by atoms with E-state index in [2.05, 4.69) is 10.6 Å². The van der Waals surface area contributed by atoms with Crippen LogP contribution < -0.4 is 10.6 Å². The van der Waals surface area contributed by atoms with Crippen LogP contribution >= 0.6 is 0 Å². The zero-order chi connectivity index (χ0) is 13.6. The number of carboxylic acid groups (broad SMARTS) is 1. The maximum Gasteiger partial charge on any atom is 0.314 e. The van der Waals surface area contributed by atoms with Gasteiger partial charge in [-0.3, -0.25) is 4.79 Å². The van der Waals surface area contributed by atoms with Crippen LogP contribution in [0.15, 0.2) is 0 Å². The van der Waals surface area contributed by atoms with Crippen LogP contribution in [0.4, 0.5) is 4.79 Å². The molecule has 1 fully saturated rings. The minimum atomic E-state index is -1.42. The molecule has 1 saturated carbocycles. The van der Waals surface area contributed by atoms with Crippen molar-refractivity contribution in [2.24, 2.45) is 5.92 Å². The predicted molar refractivity (Wildman–Crippen MR) is 66.2 cm³/mol. The Balaban J connectivity index is 2.05. The van der Waals surface area contributed by atoms with Crippen LogP contribution in [-0.4, -0.2) is 40.9 Å². The van der Waals surface area contributed by atoms with Crippen molar-refractivity contribution in [3.05, 3.63) is 0 Å². The lowest BCUT2D eigenvalue weighted by atomic mass is 10.0. The van der Waals surface area contributed by atoms with E-state index in [1.807, 2.05) is 0 Å². The van der Waals surface area contributed by atoms with Crippen LogP contribution in [0.3, 0.4) is 0 Å². The highest BCUT2D eigenvalue weighted by Crippen LogP contribution is 2.33. The number of urea groups is 1. The highest BCUT2D eigenvalue weighted by Gasteiger charge is 2.24. The van der Waals surface area contributed by atoms with Crippen molar-refractivity contribution in [2.45, 2.75) is 44.6 Å². The summed E-state index contributed by atoms with van der Waals surface area (Å²) in [5.41, 5.74) is -1.42. The second kappa shape index (κ2) is 6.58. The van der Waals surface area contributed by atoms with Crippen molar-refractivity contribution in [3.63, 3.8) is 0 Å². The fourth-order valence-electron chi connectivity index (χ4n) is 1.72. The summed E-state index contributed by atoms with van der Waals surface area (Å²) in [5, 5.41) is 23.4. The zero-order valence-corrected chi connectivity index (χ0v) is 10.7. The molecule has 1 unspecified atom stereocenters. The summed E-state index contributed by atoms with van der Waals surface area (Å²) in [5.74, 6) is -0.238. The number of carbonyl (C=O) groups is 2. The van der Waals surface area contributed by atoms with Gasteiger partial charge in [-0.15, -0.1) is 0 Å². The average molecular weight is 258 g/mol. The Hall–Kier alpha value is -1.30. The molecule has 0 aromatic heterocycles. The summed E-state index contributed by atoms with van der Waals surface area (Å²) >= 11 is 0. The van der Waals surface area contributed by atoms with E-state index in [1.165, 1.54) is 19.8 Å². The number of carbonyl (C=O) groups excluding carboxylic acids is 1. The van der Waals surface area contributed by atoms with E-state index in [1.54, 1.807) is 0 Å². The number of aliphatic hydroxyl groups is 1. The minimum Gasteiger partial charge on any atom is -0.481 e. The molecule has 1 aliphatic carbocycles. The second-order valence-electron chi connectivity index (χ2n) is 5.26. The maximum absolute atomic E-state index is 11.4. The second-order valence-corrected chi connectivity index (χ2v) is 5.26. The molecular weight excluding hydrogens is 236 g/mol. The molecule has 1 rings (SSSR count). The van der Waals surface area contributed by atoms with Gasteiger partial charge in [0.1, 0.15) is 0 Å². The molecule has 0 aromatic carbocycles. The van der Waals surface area contributed by atoms with E-state index in [-0.39, 0.29) is 12.6 Å². The number of nitrogens with one attached hydrogen (secondary N) is 2. The van der Waals surface area contributed by atoms with Crippen molar-refractivity contribution in [3.8, 4) is 0 Å². The summed E-state index contributed by atoms with van der Waals surface area (Å²) in [4.78, 5) is 21.8. The number of amides is 2. The van der Waals surface area contributed by atoms with Crippen molar-refractivity contribution >= 4 is 12.0 Å². The number of rotatable bonds is 8. The lowest BCUT2D eigenvalue weighted by molar-refractivity contribution is -0.141. The fourth-order valence-corrected chi connectivity index (χ4v) is 1.72. The quantitative estimate of drug-likeness (QED) is 0.482. The van der Waals surface area contributed by atoms with Crippen molar-refractivity contribution < 1.29 is 19.8 Å². The SMILES string of the molecule is CC(O)(CNC(=O)NCCCC1CC1)CC(=O)O. The van der Waals surface area contributed by atoms with Gasteiger partial charge in [0.15, 0.2) is 0 Å². The van der Waals surface area contributed by atoms with Gasteiger partial charge in [0.2, 0.25) is 0 Å². The van der Waals surface area contributed by atoms with Crippen LogP contribution in [-0.2, 0) is 4.79 Å². The molecule has 0 bridgehead atoms. The van der Waals surface area contributed by atoms with Crippen molar-refractivity contribution in [1.82, 2.24) is 10.6 Å². The van der Waals surface area contributed by atoms with Gasteiger partial charge in [-0.1, -0.05) is 12.8 Å². The molecule has 0 aliphatic heterocycles. The van der Waals surface area contributed by atoms with E-state index in [9.17, 15) is 14.7 Å². The molecule has 6 nitrogen and oxygen atoms in total. The number of hydrogen-bond acceptors (Lipinski definition) is 3. The standard InChI is InChI=1S/C12H22N2O4/c1-12(18,7-10(15)16)8-14-11(17)13-6-2-3-9-4-5-9/h9,18H,2-8H2,1H3,(H,15,16)(H2,13,14,17). The third-order valence-electron chi connectivity index (χ3n) is 2.93. The highest BCUT2D eigenvalue weighted by molar-refractivity contribution is 5.74. The van der Waals surface area contributed by atoms with Crippen LogP contribution in [0.2, 0.25) is 0 Å². The van der Waals surface area contributed by atoms with Gasteiger partial charge >= 0.3 is 12.0 Å². The molecule has 0 spiro atoms. The molecule has 2 amide bonds. The van der Waals surface area contributed by atoms with E-state index in [0.717, 1.165) is 18.8 Å². The Kier molecular flexibility index (Phi) is 5.40. The predicted octanol–water partition coefficient (Wildman–Crippen LogP) is 0.701. The molecule has 18 heavy (non-hydrogen) atoms. The molecule has 6 heteroatoms. The monoisotopic (exact) mass is 258 g/mol. The fraction of sp³-hybridized carbons (Fsp3) is 0.833. The summed E-state index contributed by atoms with van der Waals surface area (Å²) < 4.78 is 0. The lowest BCUT2D eigenvalue weighted by Gasteiger charge is -2.21. The Morgan fingerprint density at radius 3 is 2.56 bits per heavy atom. The molecule has 0 heterocycles. The first-order valence-corrected chi connectivity index (χ1v) is 6.35. The summed E-state index contributed by atoms with van der Waals surface area (Å²) in [6.07, 6.45) is 4.34. The molecule has 0 radical (unpaired) electrons. The van der Waals surface area contributed by atoms with Gasteiger partial charge in [0.05, 0.1) is 12.0 Å². The first-order chi connectivity index (χ1) is 8.39. The Labute approximate surface area is 107 Å². The van der Waals surface area contributed by atoms with Gasteiger partial charge in [0, 0.05) is 13.1 Å². The molecular formula is C12H22N2O4. The van der Waals surface area contributed by atoms with Gasteiger partial charge in [-0.2, -0.15) is 0 Å². The Bertz CT molecular complexity index is 300.